The molecule has 115 heavy (non-hydrogen) atoms. The molecule has 608 valence electrons. The van der Waals surface area contributed by atoms with Crippen LogP contribution in [0, 0.1) is 31.4 Å². The van der Waals surface area contributed by atoms with Crippen LogP contribution in [-0.2, 0) is 79.6 Å². The number of nitrogens with one attached hydrogen (secondary N) is 9. The molecule has 12 rings (SSSR count). The van der Waals surface area contributed by atoms with E-state index in [1.54, 1.807) is 82.4 Å². The minimum absolute atomic E-state index is 0.0137. The monoisotopic (exact) mass is 1600 g/mol. The van der Waals surface area contributed by atoms with Crippen molar-refractivity contribution < 1.29 is 76.4 Å². The second kappa shape index (κ2) is 36.2. The first-order chi connectivity index (χ1) is 55.0. The van der Waals surface area contributed by atoms with Crippen molar-refractivity contribution in [2.75, 3.05) is 68.0 Å². The van der Waals surface area contributed by atoms with Crippen LogP contribution in [0.5, 0.6) is 0 Å². The van der Waals surface area contributed by atoms with Crippen molar-refractivity contribution in [3.05, 3.63) is 151 Å². The van der Waals surface area contributed by atoms with Gasteiger partial charge in [0.15, 0.2) is 5.60 Å². The number of H-pyrrole nitrogens is 1. The van der Waals surface area contributed by atoms with Crippen LogP contribution in [0.15, 0.2) is 83.8 Å². The predicted molar refractivity (Wildman–Crippen MR) is 423 cm³/mol. The number of primary amides is 1. The number of nitrogens with zero attached hydrogens (tertiary/aromatic N) is 5. The van der Waals surface area contributed by atoms with Gasteiger partial charge in [-0.1, -0.05) is 50.6 Å². The van der Waals surface area contributed by atoms with Crippen LogP contribution < -0.4 is 64.5 Å². The first-order valence-corrected chi connectivity index (χ1v) is 38.8. The Bertz CT molecular complexity index is 5150. The number of imidazole rings is 1. The minimum atomic E-state index is -2.06. The van der Waals surface area contributed by atoms with E-state index >= 15 is 8.78 Å². The van der Waals surface area contributed by atoms with Gasteiger partial charge >= 0.3 is 24.1 Å². The van der Waals surface area contributed by atoms with E-state index in [2.05, 4.69) is 52.4 Å². The summed E-state index contributed by atoms with van der Waals surface area (Å²) in [4.78, 5) is 153. The Kier molecular flexibility index (Phi) is 26.1. The van der Waals surface area contributed by atoms with Gasteiger partial charge in [0.1, 0.15) is 54.6 Å². The molecule has 0 spiro atoms. The standard InChI is InChI=1S/C81H93ClF2N16O15/c1-6-81(112)55-34-62-70-53(38-100(62)77(108)54(55)40-114-78(81)109)66-45(11-15-51-43(5)56(84)35-61(94-70)67(51)66)36-91-80(111)115-39-44-9-13-50(14-10-44)92-74(105)58(8-7-23-89-79(86)110)97-76(107)69(41(2)3)98-75(106)59(17-18-65(103)104)93-64(102)22-29-113-28-21-63(101)87-24-25-88-72-68(73-95-57-16-12-47(82)33-60(57)96-73)71(99-26-19-49(85)20-27-99)52(37-90-72)46-30-42(4)31-48(83)32-46/h9-10,12-14,16,30-35,37,41,45,49,58-59,69,112H,6-8,11,15,17-29,36,38-40,85H2,1-5H3,(H,87,101)(H,88,90)(H,91,111)(H,92,105)(H,93,102)(H,95,96)(H,97,107)(H,98,106)(H,103,104)(H3,86,89,110)/t45?,58-,59-,69-,81-/m0/s1. The van der Waals surface area contributed by atoms with Gasteiger partial charge in [-0.2, -0.15) is 0 Å². The fraction of sp³-hybridized carbons (Fsp3) is 0.420. The number of halogens is 3. The van der Waals surface area contributed by atoms with Gasteiger partial charge in [-0.3, -0.25) is 33.6 Å². The number of carboxylic acids is 1. The number of aromatic nitrogens is 5. The van der Waals surface area contributed by atoms with E-state index in [1.807, 2.05) is 13.0 Å². The second-order valence-electron chi connectivity index (χ2n) is 29.7. The maximum atomic E-state index is 15.6. The van der Waals surface area contributed by atoms with Crippen molar-refractivity contribution >= 4 is 104 Å². The molecule has 4 aliphatic rings. The molecule has 4 aromatic carbocycles. The summed E-state index contributed by atoms with van der Waals surface area (Å²) in [6.07, 6.45) is 2.12. The second-order valence-corrected chi connectivity index (χ2v) is 30.1. The van der Waals surface area contributed by atoms with Crippen LogP contribution in [0.1, 0.15) is 135 Å². The molecular weight excluding hydrogens is 1510 g/mol. The Morgan fingerprint density at radius 3 is 2.28 bits per heavy atom. The average molecular weight is 1600 g/mol. The third-order valence-electron chi connectivity index (χ3n) is 21.4. The molecule has 1 aliphatic carbocycles. The quantitative estimate of drug-likeness (QED) is 0.0140. The first kappa shape index (κ1) is 82.8. The molecule has 4 aromatic heterocycles. The summed E-state index contributed by atoms with van der Waals surface area (Å²) in [6, 6.07) is 14.5. The lowest BCUT2D eigenvalue weighted by atomic mass is 9.78. The molecule has 7 heterocycles. The Balaban J connectivity index is 0.617. The average Bonchev–Trinajstić information content (AvgIpc) is 1.58. The van der Waals surface area contributed by atoms with Crippen molar-refractivity contribution in [1.29, 1.82) is 0 Å². The highest BCUT2D eigenvalue weighted by atomic mass is 35.5. The SMILES string of the molecule is CC[C@@]1(O)C(=O)OCc2c1cc1n(c2=O)Cc2c-1nc1cc(F)c(C)c3c1c2C(CNC(=O)OCc1ccc(NC(=O)[C@H](CCCNC(N)=O)NC(=O)[C@@H](NC(=O)[C@H](CCC(=O)O)NC(=O)CCOCCC(=O)NCCNc2ncc(-c4cc(C)cc(F)c4)c(N4CCC(N)CC4)c2-c2nc4ccc(Cl)cc4[nH]2)C(C)C)cc1)CC3. The zero-order valence-corrected chi connectivity index (χ0v) is 65.0. The van der Waals surface area contributed by atoms with Crippen molar-refractivity contribution in [3.8, 4) is 33.9 Å². The number of pyridine rings is 3. The van der Waals surface area contributed by atoms with E-state index in [-0.39, 0.29) is 132 Å². The molecule has 8 aromatic rings. The number of aromatic amines is 1. The van der Waals surface area contributed by atoms with E-state index in [0.29, 0.717) is 104 Å². The van der Waals surface area contributed by atoms with Gasteiger partial charge in [-0.25, -0.2) is 38.1 Å². The van der Waals surface area contributed by atoms with Gasteiger partial charge < -0.3 is 92.9 Å². The highest BCUT2D eigenvalue weighted by Crippen LogP contribution is 2.48. The Labute approximate surface area is 664 Å². The number of fused-ring (bicyclic) bond motifs is 6. The van der Waals surface area contributed by atoms with Gasteiger partial charge in [0.05, 0.1) is 64.5 Å². The number of amides is 8. The van der Waals surface area contributed by atoms with Gasteiger partial charge in [0.2, 0.25) is 29.5 Å². The van der Waals surface area contributed by atoms with Gasteiger partial charge in [0, 0.05) is 116 Å². The Morgan fingerprint density at radius 2 is 1.56 bits per heavy atom. The number of carboxylic acid groups (broad SMARTS) is 1. The Hall–Kier alpha value is -11.7. The number of carbonyl (C=O) groups excluding carboxylic acids is 8. The van der Waals surface area contributed by atoms with Crippen molar-refractivity contribution in [3.63, 3.8) is 0 Å². The van der Waals surface area contributed by atoms with Crippen LogP contribution in [0.25, 0.3) is 55.8 Å². The molecule has 0 bridgehead atoms. The molecule has 5 atom stereocenters. The number of urea groups is 1. The third-order valence-corrected chi connectivity index (χ3v) is 21.6. The maximum Gasteiger partial charge on any atom is 0.407 e. The number of cyclic esters (lactones) is 1. The lowest BCUT2D eigenvalue weighted by Crippen LogP contribution is -2.58. The smallest absolute Gasteiger partial charge is 0.407 e. The van der Waals surface area contributed by atoms with Crippen molar-refractivity contribution in [2.45, 2.75) is 161 Å². The zero-order chi connectivity index (χ0) is 82.1. The van der Waals surface area contributed by atoms with E-state index < -0.39 is 101 Å². The highest BCUT2D eigenvalue weighted by Gasteiger charge is 2.46. The summed E-state index contributed by atoms with van der Waals surface area (Å²) < 4.78 is 48.7. The number of ether oxygens (including phenoxy) is 3. The van der Waals surface area contributed by atoms with Crippen molar-refractivity contribution in [2.24, 2.45) is 17.4 Å². The van der Waals surface area contributed by atoms with Crippen LogP contribution in [0.3, 0.4) is 0 Å². The topological polar surface area (TPSA) is 450 Å². The van der Waals surface area contributed by atoms with Crippen molar-refractivity contribution in [1.82, 2.24) is 56.4 Å². The van der Waals surface area contributed by atoms with Crippen LogP contribution >= 0.6 is 11.6 Å². The summed E-state index contributed by atoms with van der Waals surface area (Å²) >= 11 is 6.39. The molecule has 1 fully saturated rings. The molecule has 0 saturated carbocycles. The number of carbonyl (C=O) groups is 9. The summed E-state index contributed by atoms with van der Waals surface area (Å²) in [5, 5.41) is 44.5. The fourth-order valence-electron chi connectivity index (χ4n) is 15.2. The number of nitrogens with two attached hydrogens (primary N) is 2. The number of aryl methyl sites for hydroxylation is 2. The number of aliphatic hydroxyl groups is 1. The molecule has 15 N–H and O–H groups in total. The number of hydrogen-bond acceptors (Lipinski definition) is 20. The normalized spacial score (nSPS) is 16.3. The number of esters is 1. The van der Waals surface area contributed by atoms with Crippen LogP contribution in [-0.4, -0.2) is 165 Å². The number of aliphatic carboxylic acids is 1. The molecule has 31 nitrogen and oxygen atoms in total. The van der Waals surface area contributed by atoms with Crippen LogP contribution in [0.4, 0.5) is 35.6 Å². The van der Waals surface area contributed by atoms with Gasteiger partial charge in [-0.05, 0) is 153 Å². The number of rotatable bonds is 33. The molecule has 1 unspecified atom stereocenters. The van der Waals surface area contributed by atoms with E-state index in [4.69, 9.17) is 52.2 Å². The summed E-state index contributed by atoms with van der Waals surface area (Å²) in [7, 11) is 0. The highest BCUT2D eigenvalue weighted by molar-refractivity contribution is 6.31. The molecule has 0 radical (unpaired) electrons. The fourth-order valence-corrected chi connectivity index (χ4v) is 15.4. The van der Waals surface area contributed by atoms with E-state index in [1.165, 1.54) is 22.8 Å². The summed E-state index contributed by atoms with van der Waals surface area (Å²) in [5.41, 5.74) is 18.9. The number of piperidine rings is 1. The lowest BCUT2D eigenvalue weighted by molar-refractivity contribution is -0.172. The van der Waals surface area contributed by atoms with E-state index in [9.17, 15) is 58.2 Å². The van der Waals surface area contributed by atoms with Crippen LogP contribution in [0.2, 0.25) is 5.02 Å². The number of benzene rings is 4. The predicted octanol–water partition coefficient (Wildman–Crippen LogP) is 7.50. The number of anilines is 3. The molecule has 3 aliphatic heterocycles. The number of alkyl carbamates (subject to hydrolysis) is 1. The molecule has 8 amide bonds. The number of hydrogen-bond donors (Lipinski definition) is 13. The molecule has 1 saturated heterocycles. The largest absolute Gasteiger partial charge is 0.481 e. The van der Waals surface area contributed by atoms with Gasteiger partial charge in [0.25, 0.3) is 5.56 Å². The molecular formula is C81H93ClF2N16O15. The summed E-state index contributed by atoms with van der Waals surface area (Å²) in [5.74, 6) is -6.44. The minimum Gasteiger partial charge on any atom is -0.481 e. The first-order valence-electron chi connectivity index (χ1n) is 38.4. The summed E-state index contributed by atoms with van der Waals surface area (Å²) in [6.45, 7) is 9.41. The van der Waals surface area contributed by atoms with Gasteiger partial charge in [-0.15, -0.1) is 0 Å². The Morgan fingerprint density at radius 1 is 0.809 bits per heavy atom. The molecule has 34 heteroatoms. The van der Waals surface area contributed by atoms with E-state index in [0.717, 1.165) is 40.6 Å². The lowest BCUT2D eigenvalue weighted by Gasteiger charge is -2.35. The third kappa shape index (κ3) is 19.1. The maximum absolute atomic E-state index is 15.6. The zero-order valence-electron chi connectivity index (χ0n) is 64.3.